The summed E-state index contributed by atoms with van der Waals surface area (Å²) in [5.74, 6) is -0.724. The number of amides is 1. The highest BCUT2D eigenvalue weighted by atomic mass is 19.4. The van der Waals surface area contributed by atoms with Gasteiger partial charge in [-0.2, -0.15) is 13.2 Å². The fourth-order valence-corrected chi connectivity index (χ4v) is 4.87. The Morgan fingerprint density at radius 2 is 1.91 bits per heavy atom. The largest absolute Gasteiger partial charge is 0.491 e. The van der Waals surface area contributed by atoms with Gasteiger partial charge < -0.3 is 19.5 Å². The average molecular weight is 455 g/mol. The minimum Gasteiger partial charge on any atom is -0.491 e. The van der Waals surface area contributed by atoms with Crippen molar-refractivity contribution in [3.8, 4) is 5.75 Å². The van der Waals surface area contributed by atoms with Crippen LogP contribution < -0.4 is 10.1 Å². The molecule has 1 aromatic carbocycles. The van der Waals surface area contributed by atoms with Crippen LogP contribution in [-0.4, -0.2) is 40.6 Å². The van der Waals surface area contributed by atoms with E-state index in [9.17, 15) is 22.4 Å². The summed E-state index contributed by atoms with van der Waals surface area (Å²) in [5.41, 5.74) is -0.739. The Balaban J connectivity index is 0.00000306. The lowest BCUT2D eigenvalue weighted by Gasteiger charge is -2.47. The van der Waals surface area contributed by atoms with Crippen molar-refractivity contribution in [1.82, 2.24) is 14.8 Å². The van der Waals surface area contributed by atoms with Crippen molar-refractivity contribution in [2.45, 2.75) is 64.0 Å². The van der Waals surface area contributed by atoms with E-state index in [2.05, 4.69) is 5.32 Å². The molecule has 5 nitrogen and oxygen atoms in total. The first kappa shape index (κ1) is 22.6. The minimum absolute atomic E-state index is 0. The Morgan fingerprint density at radius 3 is 2.50 bits per heavy atom. The van der Waals surface area contributed by atoms with E-state index >= 15 is 0 Å². The van der Waals surface area contributed by atoms with Crippen LogP contribution in [0.3, 0.4) is 0 Å². The van der Waals surface area contributed by atoms with Crippen LogP contribution in [-0.2, 0) is 18.3 Å². The molecular weight excluding hydrogens is 426 g/mol. The maximum absolute atomic E-state index is 14.6. The van der Waals surface area contributed by atoms with Gasteiger partial charge in [0.05, 0.1) is 17.2 Å². The molecule has 1 saturated heterocycles. The van der Waals surface area contributed by atoms with Crippen LogP contribution in [0.2, 0.25) is 0 Å². The summed E-state index contributed by atoms with van der Waals surface area (Å²) in [5, 5.41) is 3.47. The van der Waals surface area contributed by atoms with Crippen LogP contribution in [0, 0.1) is 5.82 Å². The molecule has 0 bridgehead atoms. The van der Waals surface area contributed by atoms with Gasteiger partial charge in [0.2, 0.25) is 0 Å². The van der Waals surface area contributed by atoms with Gasteiger partial charge in [-0.1, -0.05) is 0 Å². The smallest absolute Gasteiger partial charge is 0.431 e. The second-order valence-electron chi connectivity index (χ2n) is 8.94. The van der Waals surface area contributed by atoms with Crippen LogP contribution in [0.15, 0.2) is 30.3 Å². The van der Waals surface area contributed by atoms with Gasteiger partial charge in [-0.25, -0.2) is 4.39 Å². The van der Waals surface area contributed by atoms with Crippen molar-refractivity contribution >= 4 is 5.91 Å². The Labute approximate surface area is 185 Å². The molecule has 1 atom stereocenters. The van der Waals surface area contributed by atoms with Crippen LogP contribution in [0.5, 0.6) is 5.75 Å². The third-order valence-electron chi connectivity index (χ3n) is 6.19. The number of benzene rings is 1. The summed E-state index contributed by atoms with van der Waals surface area (Å²) >= 11 is 0. The minimum atomic E-state index is -4.42. The maximum atomic E-state index is 14.6. The number of hydrogen-bond donors (Lipinski definition) is 1. The van der Waals surface area contributed by atoms with Crippen molar-refractivity contribution in [3.05, 3.63) is 53.1 Å². The highest BCUT2D eigenvalue weighted by molar-refractivity contribution is 5.94. The fourth-order valence-electron chi connectivity index (χ4n) is 4.87. The quantitative estimate of drug-likeness (QED) is 0.677. The zero-order valence-electron chi connectivity index (χ0n) is 18.3. The fraction of sp³-hybridized carbons (Fsp3) is 0.522. The molecule has 1 N–H and O–H groups in total. The first-order chi connectivity index (χ1) is 15.0. The molecule has 176 valence electrons. The van der Waals surface area contributed by atoms with Gasteiger partial charge in [-0.3, -0.25) is 4.79 Å². The van der Waals surface area contributed by atoms with E-state index in [0.29, 0.717) is 37.4 Å². The van der Waals surface area contributed by atoms with Crippen molar-refractivity contribution in [1.29, 1.82) is 0 Å². The normalized spacial score (nSPS) is 20.5. The van der Waals surface area contributed by atoms with Gasteiger partial charge >= 0.3 is 6.18 Å². The van der Waals surface area contributed by atoms with Crippen molar-refractivity contribution in [2.24, 2.45) is 0 Å². The number of fused-ring (bicyclic) bond motifs is 2. The first-order valence-corrected chi connectivity index (χ1v) is 10.8. The van der Waals surface area contributed by atoms with Crippen molar-refractivity contribution in [3.63, 3.8) is 0 Å². The van der Waals surface area contributed by atoms with Gasteiger partial charge in [-0.15, -0.1) is 0 Å². The van der Waals surface area contributed by atoms with Crippen LogP contribution in [0.25, 0.3) is 0 Å². The Morgan fingerprint density at radius 1 is 1.22 bits per heavy atom. The molecule has 1 amide bonds. The first-order valence-electron chi connectivity index (χ1n) is 10.8. The number of nitrogens with zero attached hydrogens (tertiary/aromatic N) is 2. The number of ether oxygens (including phenoxy) is 1. The van der Waals surface area contributed by atoms with Gasteiger partial charge in [-0.05, 0) is 57.9 Å². The summed E-state index contributed by atoms with van der Waals surface area (Å²) < 4.78 is 61.7. The number of likely N-dealkylation sites (tertiary alicyclic amines) is 1. The zero-order chi connectivity index (χ0) is 23.3. The number of halogens is 4. The Kier molecular flexibility index (Phi) is 5.73. The van der Waals surface area contributed by atoms with Crippen molar-refractivity contribution in [2.75, 3.05) is 13.1 Å². The SMILES string of the molecule is CC1Cn2c(C(F)(F)F)ccc2C2(CCN(C(=O)c3ccc(OC(C)C)cc3F)CC2)N1.[HH]. The van der Waals surface area contributed by atoms with Crippen LogP contribution in [0.1, 0.15) is 56.8 Å². The molecule has 1 aromatic heterocycles. The number of aromatic nitrogens is 1. The van der Waals surface area contributed by atoms with E-state index < -0.39 is 29.1 Å². The van der Waals surface area contributed by atoms with E-state index in [0.717, 1.165) is 6.07 Å². The molecule has 4 rings (SSSR count). The summed E-state index contributed by atoms with van der Waals surface area (Å²) in [4.78, 5) is 14.5. The molecule has 0 radical (unpaired) electrons. The number of nitrogens with one attached hydrogen (secondary N) is 1. The lowest BCUT2D eigenvalue weighted by atomic mass is 9.82. The average Bonchev–Trinajstić information content (AvgIpc) is 3.13. The van der Waals surface area contributed by atoms with E-state index in [-0.39, 0.29) is 25.7 Å². The lowest BCUT2D eigenvalue weighted by Crippen LogP contribution is -2.59. The number of piperidine rings is 1. The Bertz CT molecular complexity index is 1010. The zero-order valence-corrected chi connectivity index (χ0v) is 18.3. The molecule has 32 heavy (non-hydrogen) atoms. The van der Waals surface area contributed by atoms with Crippen molar-refractivity contribution < 1.29 is 28.5 Å². The van der Waals surface area contributed by atoms with E-state index in [1.165, 1.54) is 22.8 Å². The van der Waals surface area contributed by atoms with E-state index in [1.807, 2.05) is 20.8 Å². The maximum Gasteiger partial charge on any atom is 0.431 e. The molecule has 0 saturated carbocycles. The van der Waals surface area contributed by atoms with Crippen LogP contribution >= 0.6 is 0 Å². The van der Waals surface area contributed by atoms with Gasteiger partial charge in [0, 0.05) is 38.9 Å². The highest BCUT2D eigenvalue weighted by Crippen LogP contribution is 2.41. The number of hydrogen-bond acceptors (Lipinski definition) is 3. The molecule has 1 fully saturated rings. The summed E-state index contributed by atoms with van der Waals surface area (Å²) in [6.07, 6.45) is -3.64. The molecule has 9 heteroatoms. The number of alkyl halides is 3. The third kappa shape index (κ3) is 4.10. The number of rotatable bonds is 3. The molecule has 0 aliphatic carbocycles. The molecule has 1 spiro atoms. The second-order valence-corrected chi connectivity index (χ2v) is 8.94. The number of carbonyl (C=O) groups is 1. The number of carbonyl (C=O) groups excluding carboxylic acids is 1. The predicted molar refractivity (Wildman–Crippen MR) is 113 cm³/mol. The van der Waals surface area contributed by atoms with Gasteiger partial charge in [0.25, 0.3) is 5.91 Å². The third-order valence-corrected chi connectivity index (χ3v) is 6.19. The van der Waals surface area contributed by atoms with Gasteiger partial charge in [0.15, 0.2) is 0 Å². The van der Waals surface area contributed by atoms with Gasteiger partial charge in [0.1, 0.15) is 17.3 Å². The van der Waals surface area contributed by atoms with E-state index in [1.54, 1.807) is 11.0 Å². The lowest BCUT2D eigenvalue weighted by molar-refractivity contribution is -0.144. The molecular formula is C23H29F4N3O2. The standard InChI is InChI=1S/C23H27F4N3O2.H2/c1-14(2)32-16-4-5-17(18(24)12-16)21(31)29-10-8-22(9-11-29)19-6-7-20(23(25,26)27)30(19)13-15(3)28-22;/h4-7,12,14-15,28H,8-11,13H2,1-3H3;1H. The highest BCUT2D eigenvalue weighted by Gasteiger charge is 2.46. The van der Waals surface area contributed by atoms with Crippen LogP contribution in [0.4, 0.5) is 17.6 Å². The monoisotopic (exact) mass is 455 g/mol. The topological polar surface area (TPSA) is 46.5 Å². The second kappa shape index (κ2) is 8.10. The molecule has 1 unspecified atom stereocenters. The molecule has 2 aliphatic rings. The summed E-state index contributed by atoms with van der Waals surface area (Å²) in [6, 6.07) is 6.70. The summed E-state index contributed by atoms with van der Waals surface area (Å²) in [6.45, 7) is 6.38. The van der Waals surface area contributed by atoms with E-state index in [4.69, 9.17) is 4.74 Å². The Hall–Kier alpha value is -2.55. The summed E-state index contributed by atoms with van der Waals surface area (Å²) in [7, 11) is 0. The molecule has 2 aromatic rings. The predicted octanol–water partition coefficient (Wildman–Crippen LogP) is 4.80. The molecule has 2 aliphatic heterocycles. The molecule has 3 heterocycles.